The van der Waals surface area contributed by atoms with E-state index in [1.807, 2.05) is 9.58 Å². The van der Waals surface area contributed by atoms with Crippen LogP contribution in [0.5, 0.6) is 0 Å². The number of fused-ring (bicyclic) bond motifs is 3. The minimum atomic E-state index is -0.590. The minimum Gasteiger partial charge on any atom is -0.370 e. The summed E-state index contributed by atoms with van der Waals surface area (Å²) < 4.78 is 7.73. The van der Waals surface area contributed by atoms with Crippen molar-refractivity contribution in [3.8, 4) is 0 Å². The zero-order valence-corrected chi connectivity index (χ0v) is 10.7. The van der Waals surface area contributed by atoms with E-state index in [0.717, 1.165) is 31.5 Å². The summed E-state index contributed by atoms with van der Waals surface area (Å²) in [6.45, 7) is 1.91. The van der Waals surface area contributed by atoms with Gasteiger partial charge in [0.05, 0.1) is 36.2 Å². The molecule has 0 spiro atoms. The van der Waals surface area contributed by atoms with E-state index in [2.05, 4.69) is 10.3 Å². The molecule has 1 saturated carbocycles. The number of carbonyl (C=O) groups excluding carboxylic acids is 1. The molecule has 0 unspecified atom stereocenters. The van der Waals surface area contributed by atoms with Crippen LogP contribution in [0.2, 0.25) is 0 Å². The number of hydrogen-bond acceptors (Lipinski definition) is 5. The minimum absolute atomic E-state index is 0.0753. The van der Waals surface area contributed by atoms with Gasteiger partial charge in [0.2, 0.25) is 5.91 Å². The van der Waals surface area contributed by atoms with Gasteiger partial charge in [-0.1, -0.05) is 5.21 Å². The Morgan fingerprint density at radius 2 is 2.37 bits per heavy atom. The molecule has 7 heteroatoms. The van der Waals surface area contributed by atoms with E-state index < -0.39 is 5.54 Å². The van der Waals surface area contributed by atoms with Crippen molar-refractivity contribution in [2.24, 2.45) is 5.73 Å². The maximum Gasteiger partial charge on any atom is 0.242 e. The molecule has 0 bridgehead atoms. The van der Waals surface area contributed by atoms with Crippen LogP contribution in [0.1, 0.15) is 31.0 Å². The van der Waals surface area contributed by atoms with Gasteiger partial charge < -0.3 is 15.4 Å². The fourth-order valence-electron chi connectivity index (χ4n) is 3.03. The highest BCUT2D eigenvalue weighted by molar-refractivity contribution is 5.89. The molecule has 0 aromatic carbocycles. The van der Waals surface area contributed by atoms with Gasteiger partial charge in [0.1, 0.15) is 0 Å². The van der Waals surface area contributed by atoms with E-state index in [-0.39, 0.29) is 18.1 Å². The normalized spacial score (nSPS) is 31.5. The molecule has 1 aromatic heterocycles. The lowest BCUT2D eigenvalue weighted by atomic mass is 9.99. The van der Waals surface area contributed by atoms with Gasteiger partial charge in [0.25, 0.3) is 0 Å². The van der Waals surface area contributed by atoms with Crippen molar-refractivity contribution in [1.82, 2.24) is 19.9 Å². The highest BCUT2D eigenvalue weighted by Crippen LogP contribution is 2.37. The Morgan fingerprint density at radius 1 is 1.53 bits per heavy atom. The Hall–Kier alpha value is -1.47. The van der Waals surface area contributed by atoms with Crippen molar-refractivity contribution in [3.05, 3.63) is 11.9 Å². The molecule has 1 saturated heterocycles. The van der Waals surface area contributed by atoms with E-state index in [4.69, 9.17) is 10.5 Å². The molecule has 1 aromatic rings. The molecule has 2 fully saturated rings. The average molecular weight is 263 g/mol. The summed E-state index contributed by atoms with van der Waals surface area (Å²) in [6, 6.07) is 0.0753. The van der Waals surface area contributed by atoms with Gasteiger partial charge in [-0.2, -0.15) is 0 Å². The van der Waals surface area contributed by atoms with Crippen LogP contribution < -0.4 is 5.73 Å². The van der Waals surface area contributed by atoms with Crippen LogP contribution in [0, 0.1) is 0 Å². The van der Waals surface area contributed by atoms with Gasteiger partial charge in [-0.05, 0) is 19.3 Å². The number of nitrogens with two attached hydrogens (primary N) is 1. The van der Waals surface area contributed by atoms with Gasteiger partial charge in [-0.3, -0.25) is 4.79 Å². The van der Waals surface area contributed by atoms with Crippen LogP contribution >= 0.6 is 0 Å². The lowest BCUT2D eigenvalue weighted by Crippen LogP contribution is -2.54. The summed E-state index contributed by atoms with van der Waals surface area (Å²) in [5.74, 6) is 0.0817. The first-order valence-electron chi connectivity index (χ1n) is 6.76. The second-order valence-corrected chi connectivity index (χ2v) is 5.78. The quantitative estimate of drug-likeness (QED) is 0.734. The maximum absolute atomic E-state index is 12.3. The molecule has 7 nitrogen and oxygen atoms in total. The number of rotatable bonds is 1. The molecule has 3 heterocycles. The zero-order chi connectivity index (χ0) is 13.0. The topological polar surface area (TPSA) is 86.3 Å². The van der Waals surface area contributed by atoms with Crippen molar-refractivity contribution >= 4 is 5.91 Å². The van der Waals surface area contributed by atoms with Crippen molar-refractivity contribution in [2.75, 3.05) is 13.1 Å². The molecular formula is C12H17N5O2. The molecule has 1 aliphatic carbocycles. The Labute approximate surface area is 110 Å². The van der Waals surface area contributed by atoms with Crippen LogP contribution in [0.15, 0.2) is 6.20 Å². The average Bonchev–Trinajstić information content (AvgIpc) is 3.01. The smallest absolute Gasteiger partial charge is 0.242 e. The SMILES string of the molecule is NC1(C(=O)N2CC[C@@H]3OCc4cnnn4[C@H]3C2)CC1. The highest BCUT2D eigenvalue weighted by atomic mass is 16.5. The molecule has 4 rings (SSSR count). The van der Waals surface area contributed by atoms with Crippen LogP contribution in [0.3, 0.4) is 0 Å². The molecule has 102 valence electrons. The summed E-state index contributed by atoms with van der Waals surface area (Å²) in [4.78, 5) is 14.2. The summed E-state index contributed by atoms with van der Waals surface area (Å²) >= 11 is 0. The van der Waals surface area contributed by atoms with Gasteiger partial charge in [-0.25, -0.2) is 4.68 Å². The largest absolute Gasteiger partial charge is 0.370 e. The van der Waals surface area contributed by atoms with Crippen molar-refractivity contribution in [1.29, 1.82) is 0 Å². The summed E-state index contributed by atoms with van der Waals surface area (Å²) in [7, 11) is 0. The Bertz CT molecular complexity index is 524. The number of piperidine rings is 1. The van der Waals surface area contributed by atoms with Crippen LogP contribution in [-0.4, -0.2) is 50.5 Å². The van der Waals surface area contributed by atoms with Crippen molar-refractivity contribution < 1.29 is 9.53 Å². The van der Waals surface area contributed by atoms with Crippen molar-refractivity contribution in [3.63, 3.8) is 0 Å². The number of nitrogens with zero attached hydrogens (tertiary/aromatic N) is 4. The monoisotopic (exact) mass is 263 g/mol. The molecule has 19 heavy (non-hydrogen) atoms. The number of hydrogen-bond donors (Lipinski definition) is 1. The molecule has 2 N–H and O–H groups in total. The van der Waals surface area contributed by atoms with E-state index in [0.29, 0.717) is 13.2 Å². The maximum atomic E-state index is 12.3. The zero-order valence-electron chi connectivity index (χ0n) is 10.7. The first kappa shape index (κ1) is 11.4. The first-order chi connectivity index (χ1) is 9.17. The lowest BCUT2D eigenvalue weighted by molar-refractivity contribution is -0.140. The number of amides is 1. The van der Waals surface area contributed by atoms with Crippen LogP contribution in [0.25, 0.3) is 0 Å². The lowest BCUT2D eigenvalue weighted by Gasteiger charge is -2.41. The molecule has 0 radical (unpaired) electrons. The van der Waals surface area contributed by atoms with Gasteiger partial charge >= 0.3 is 0 Å². The van der Waals surface area contributed by atoms with E-state index in [1.165, 1.54) is 0 Å². The second-order valence-electron chi connectivity index (χ2n) is 5.78. The third kappa shape index (κ3) is 1.68. The summed E-state index contributed by atoms with van der Waals surface area (Å²) in [6.07, 6.45) is 4.31. The second kappa shape index (κ2) is 3.77. The molecule has 1 amide bonds. The number of aromatic nitrogens is 3. The van der Waals surface area contributed by atoms with Crippen LogP contribution in [0.4, 0.5) is 0 Å². The predicted octanol–water partition coefficient (Wildman–Crippen LogP) is -0.558. The Balaban J connectivity index is 1.57. The van der Waals surface area contributed by atoms with E-state index in [9.17, 15) is 4.79 Å². The third-order valence-corrected chi connectivity index (χ3v) is 4.43. The van der Waals surface area contributed by atoms with E-state index in [1.54, 1.807) is 6.20 Å². The first-order valence-corrected chi connectivity index (χ1v) is 6.76. The molecular weight excluding hydrogens is 246 g/mol. The van der Waals surface area contributed by atoms with Gasteiger partial charge in [0, 0.05) is 13.1 Å². The Morgan fingerprint density at radius 3 is 3.16 bits per heavy atom. The number of likely N-dealkylation sites (tertiary alicyclic amines) is 1. The van der Waals surface area contributed by atoms with Gasteiger partial charge in [-0.15, -0.1) is 5.10 Å². The number of carbonyl (C=O) groups is 1. The fraction of sp³-hybridized carbons (Fsp3) is 0.750. The molecule has 3 aliphatic rings. The van der Waals surface area contributed by atoms with Crippen LogP contribution in [-0.2, 0) is 16.1 Å². The highest BCUT2D eigenvalue weighted by Gasteiger charge is 2.50. The Kier molecular flexibility index (Phi) is 2.25. The third-order valence-electron chi connectivity index (χ3n) is 4.43. The number of ether oxygens (including phenoxy) is 1. The standard InChI is InChI=1S/C12H17N5O2/c13-12(2-3-12)11(18)16-4-1-10-9(6-16)17-8(7-19-10)5-14-15-17/h5,9-10H,1-4,6-7,13H2/t9-,10-/m0/s1. The predicted molar refractivity (Wildman–Crippen MR) is 65.0 cm³/mol. The molecule has 2 aliphatic heterocycles. The van der Waals surface area contributed by atoms with Gasteiger partial charge in [0.15, 0.2) is 0 Å². The van der Waals surface area contributed by atoms with Crippen molar-refractivity contribution in [2.45, 2.75) is 43.6 Å². The molecule has 2 atom stereocenters. The van der Waals surface area contributed by atoms with E-state index >= 15 is 0 Å². The summed E-state index contributed by atoms with van der Waals surface area (Å²) in [5.41, 5.74) is 6.39. The fourth-order valence-corrected chi connectivity index (χ4v) is 3.03. The summed E-state index contributed by atoms with van der Waals surface area (Å²) in [5, 5.41) is 8.06.